The third kappa shape index (κ3) is 4.48. The molecule has 3 aromatic heterocycles. The van der Waals surface area contributed by atoms with Crippen LogP contribution in [0.15, 0.2) is 66.1 Å². The van der Waals surface area contributed by atoms with Gasteiger partial charge in [0.05, 0.1) is 24.6 Å². The Kier molecular flexibility index (Phi) is 5.84. The zero-order valence-electron chi connectivity index (χ0n) is 18.1. The number of hydrogen-bond donors (Lipinski definition) is 2. The van der Waals surface area contributed by atoms with Crippen molar-refractivity contribution in [2.75, 3.05) is 11.9 Å². The summed E-state index contributed by atoms with van der Waals surface area (Å²) >= 11 is 0. The molecule has 0 bridgehead atoms. The fourth-order valence-corrected chi connectivity index (χ4v) is 4.21. The quantitative estimate of drug-likeness (QED) is 0.404. The van der Waals surface area contributed by atoms with Crippen LogP contribution in [0, 0.1) is 0 Å². The van der Waals surface area contributed by atoms with Gasteiger partial charge in [0.1, 0.15) is 17.6 Å². The number of aromatic nitrogens is 5. The van der Waals surface area contributed by atoms with Gasteiger partial charge in [-0.15, -0.1) is 0 Å². The van der Waals surface area contributed by atoms with Crippen LogP contribution in [0.25, 0.3) is 5.65 Å². The predicted octanol–water partition coefficient (Wildman–Crippen LogP) is 2.13. The molecule has 0 radical (unpaired) electrons. The highest BCUT2D eigenvalue weighted by molar-refractivity contribution is 5.80. The summed E-state index contributed by atoms with van der Waals surface area (Å²) < 4.78 is 3.38. The number of benzene rings is 1. The highest BCUT2D eigenvalue weighted by atomic mass is 16.2. The van der Waals surface area contributed by atoms with E-state index in [9.17, 15) is 9.59 Å². The van der Waals surface area contributed by atoms with E-state index in [-0.39, 0.29) is 18.0 Å². The van der Waals surface area contributed by atoms with E-state index in [0.29, 0.717) is 30.9 Å². The Hall–Kier alpha value is -4.01. The Balaban J connectivity index is 1.22. The SMILES string of the molecule is O=C(NCc1cn2ccncc2n1)[C@@H]1CCc2ncc(NCCCc3ccccc3)c(=O)n21. The molecule has 9 heteroatoms. The summed E-state index contributed by atoms with van der Waals surface area (Å²) in [5.74, 6) is 0.447. The summed E-state index contributed by atoms with van der Waals surface area (Å²) in [4.78, 5) is 38.9. The Morgan fingerprint density at radius 2 is 2.06 bits per heavy atom. The molecule has 33 heavy (non-hydrogen) atoms. The van der Waals surface area contributed by atoms with E-state index in [1.807, 2.05) is 28.8 Å². The van der Waals surface area contributed by atoms with Crippen molar-refractivity contribution in [3.8, 4) is 0 Å². The van der Waals surface area contributed by atoms with E-state index in [1.54, 1.807) is 24.8 Å². The van der Waals surface area contributed by atoms with Crippen molar-refractivity contribution >= 4 is 17.2 Å². The summed E-state index contributed by atoms with van der Waals surface area (Å²) in [5.41, 5.74) is 2.95. The number of carbonyl (C=O) groups excluding carboxylic acids is 1. The molecule has 0 saturated carbocycles. The van der Waals surface area contributed by atoms with Crippen LogP contribution in [0.3, 0.4) is 0 Å². The molecule has 1 aromatic carbocycles. The van der Waals surface area contributed by atoms with Gasteiger partial charge in [0.25, 0.3) is 5.56 Å². The average Bonchev–Trinajstić information content (AvgIpc) is 3.46. The fourth-order valence-electron chi connectivity index (χ4n) is 4.21. The summed E-state index contributed by atoms with van der Waals surface area (Å²) in [7, 11) is 0. The molecular weight excluding hydrogens is 418 g/mol. The molecule has 1 atom stereocenters. The number of hydrogen-bond acceptors (Lipinski definition) is 6. The van der Waals surface area contributed by atoms with E-state index in [4.69, 9.17) is 0 Å². The van der Waals surface area contributed by atoms with Crippen LogP contribution >= 0.6 is 0 Å². The smallest absolute Gasteiger partial charge is 0.277 e. The molecule has 1 aliphatic heterocycles. The van der Waals surface area contributed by atoms with Crippen molar-refractivity contribution in [1.29, 1.82) is 0 Å². The normalized spacial score (nSPS) is 14.8. The minimum atomic E-state index is -0.565. The lowest BCUT2D eigenvalue weighted by Crippen LogP contribution is -2.36. The average molecular weight is 444 g/mol. The number of aryl methyl sites for hydroxylation is 2. The van der Waals surface area contributed by atoms with Crippen molar-refractivity contribution in [3.05, 3.63) is 88.8 Å². The van der Waals surface area contributed by atoms with Gasteiger partial charge in [-0.25, -0.2) is 9.97 Å². The number of rotatable bonds is 8. The first-order valence-corrected chi connectivity index (χ1v) is 11.1. The third-order valence-corrected chi connectivity index (χ3v) is 5.88. The summed E-state index contributed by atoms with van der Waals surface area (Å²) in [5, 5.41) is 6.12. The molecule has 5 rings (SSSR count). The van der Waals surface area contributed by atoms with Gasteiger partial charge in [-0.05, 0) is 24.8 Å². The van der Waals surface area contributed by atoms with Gasteiger partial charge in [0.15, 0.2) is 5.65 Å². The van der Waals surface area contributed by atoms with Crippen molar-refractivity contribution in [3.63, 3.8) is 0 Å². The van der Waals surface area contributed by atoms with Gasteiger partial charge in [-0.1, -0.05) is 30.3 Å². The van der Waals surface area contributed by atoms with E-state index in [0.717, 1.165) is 24.2 Å². The molecule has 0 saturated heterocycles. The summed E-state index contributed by atoms with van der Waals surface area (Å²) in [6.45, 7) is 0.941. The van der Waals surface area contributed by atoms with Crippen LogP contribution in [0.1, 0.15) is 36.0 Å². The monoisotopic (exact) mass is 443 g/mol. The van der Waals surface area contributed by atoms with Crippen molar-refractivity contribution < 1.29 is 4.79 Å². The maximum Gasteiger partial charge on any atom is 0.277 e. The lowest BCUT2D eigenvalue weighted by atomic mass is 10.1. The molecule has 0 aliphatic carbocycles. The van der Waals surface area contributed by atoms with Gasteiger partial charge in [-0.3, -0.25) is 19.1 Å². The van der Waals surface area contributed by atoms with E-state index >= 15 is 0 Å². The van der Waals surface area contributed by atoms with Crippen LogP contribution in [-0.4, -0.2) is 36.4 Å². The molecule has 4 aromatic rings. The number of amides is 1. The zero-order chi connectivity index (χ0) is 22.6. The van der Waals surface area contributed by atoms with Gasteiger partial charge in [-0.2, -0.15) is 0 Å². The molecular formula is C24H25N7O2. The minimum absolute atomic E-state index is 0.198. The lowest BCUT2D eigenvalue weighted by Gasteiger charge is -2.15. The summed E-state index contributed by atoms with van der Waals surface area (Å²) in [6, 6.07) is 9.68. The van der Waals surface area contributed by atoms with Crippen molar-refractivity contribution in [2.45, 2.75) is 38.3 Å². The molecule has 1 aliphatic rings. The van der Waals surface area contributed by atoms with Gasteiger partial charge >= 0.3 is 0 Å². The molecule has 0 spiro atoms. The van der Waals surface area contributed by atoms with E-state index in [2.05, 4.69) is 37.7 Å². The highest BCUT2D eigenvalue weighted by Crippen LogP contribution is 2.23. The highest BCUT2D eigenvalue weighted by Gasteiger charge is 2.31. The molecule has 0 fully saturated rings. The number of imidazole rings is 1. The second-order valence-electron chi connectivity index (χ2n) is 8.13. The number of anilines is 1. The first kappa shape index (κ1) is 20.9. The third-order valence-electron chi connectivity index (χ3n) is 5.88. The first-order valence-electron chi connectivity index (χ1n) is 11.1. The Morgan fingerprint density at radius 1 is 1.18 bits per heavy atom. The first-order chi connectivity index (χ1) is 16.2. The molecule has 4 heterocycles. The largest absolute Gasteiger partial charge is 0.379 e. The van der Waals surface area contributed by atoms with Gasteiger partial charge in [0.2, 0.25) is 5.91 Å². The number of fused-ring (bicyclic) bond motifs is 2. The maximum absolute atomic E-state index is 13.1. The zero-order valence-corrected chi connectivity index (χ0v) is 18.1. The Labute approximate surface area is 190 Å². The summed E-state index contributed by atoms with van der Waals surface area (Å²) in [6.07, 6.45) is 11.6. The van der Waals surface area contributed by atoms with Gasteiger partial charge < -0.3 is 15.0 Å². The van der Waals surface area contributed by atoms with Gasteiger partial charge in [0, 0.05) is 31.6 Å². The topological polar surface area (TPSA) is 106 Å². The maximum atomic E-state index is 13.1. The Bertz CT molecular complexity index is 1300. The minimum Gasteiger partial charge on any atom is -0.379 e. The van der Waals surface area contributed by atoms with Crippen molar-refractivity contribution in [1.82, 2.24) is 29.2 Å². The molecule has 1 amide bonds. The molecule has 2 N–H and O–H groups in total. The van der Waals surface area contributed by atoms with Crippen LogP contribution in [-0.2, 0) is 24.2 Å². The Morgan fingerprint density at radius 3 is 2.91 bits per heavy atom. The standard InChI is InChI=1S/C24H25N7O2/c32-23(28-13-18-16-30-12-11-25-15-22(30)29-18)20-8-9-21-27-14-19(24(33)31(20)21)26-10-4-7-17-5-2-1-3-6-17/h1-3,5-6,11-12,14-16,20,26H,4,7-10,13H2,(H,28,32)/t20-/m0/s1. The van der Waals surface area contributed by atoms with E-state index in [1.165, 1.54) is 10.1 Å². The second-order valence-corrected chi connectivity index (χ2v) is 8.13. The van der Waals surface area contributed by atoms with Crippen LogP contribution in [0.5, 0.6) is 0 Å². The van der Waals surface area contributed by atoms with E-state index < -0.39 is 6.04 Å². The van der Waals surface area contributed by atoms with Crippen LogP contribution < -0.4 is 16.2 Å². The predicted molar refractivity (Wildman–Crippen MR) is 124 cm³/mol. The van der Waals surface area contributed by atoms with Crippen LogP contribution in [0.2, 0.25) is 0 Å². The fraction of sp³-hybridized carbons (Fsp3) is 0.292. The second kappa shape index (κ2) is 9.23. The number of nitrogens with zero attached hydrogens (tertiary/aromatic N) is 5. The number of carbonyl (C=O) groups is 1. The molecule has 168 valence electrons. The lowest BCUT2D eigenvalue weighted by molar-refractivity contribution is -0.124. The number of nitrogens with one attached hydrogen (secondary N) is 2. The van der Waals surface area contributed by atoms with Crippen molar-refractivity contribution in [2.24, 2.45) is 0 Å². The molecule has 9 nitrogen and oxygen atoms in total. The van der Waals surface area contributed by atoms with Crippen LogP contribution in [0.4, 0.5) is 5.69 Å². The molecule has 0 unspecified atom stereocenters.